The number of nitrogens with zero attached hydrogens (tertiary/aromatic N) is 1. The molecule has 1 amide bonds. The molecule has 4 heteroatoms. The second-order valence-corrected chi connectivity index (χ2v) is 7.28. The van der Waals surface area contributed by atoms with Crippen LogP contribution in [0.25, 0.3) is 6.08 Å². The molecule has 4 nitrogen and oxygen atoms in total. The summed E-state index contributed by atoms with van der Waals surface area (Å²) in [5.41, 5.74) is 1.03. The quantitative estimate of drug-likeness (QED) is 0.238. The number of carbonyl (C=O) groups is 1. The average Bonchev–Trinajstić information content (AvgIpc) is 3.17. The molecule has 1 aromatic rings. The van der Waals surface area contributed by atoms with E-state index in [2.05, 4.69) is 13.8 Å². The number of ether oxygens (including phenoxy) is 2. The molecule has 0 spiro atoms. The molecule has 0 bridgehead atoms. The first-order chi connectivity index (χ1) is 13.7. The smallest absolute Gasteiger partial charge is 0.246 e. The number of allylic oxidation sites excluding steroid dienone is 2. The van der Waals surface area contributed by atoms with Crippen LogP contribution in [0.15, 0.2) is 36.4 Å². The minimum Gasteiger partial charge on any atom is -0.454 e. The number of benzene rings is 1. The summed E-state index contributed by atoms with van der Waals surface area (Å²) >= 11 is 0. The zero-order chi connectivity index (χ0) is 20.0. The van der Waals surface area contributed by atoms with E-state index in [1.54, 1.807) is 6.08 Å². The highest BCUT2D eigenvalue weighted by Gasteiger charge is 2.12. The average molecular weight is 386 g/mol. The van der Waals surface area contributed by atoms with E-state index in [1.165, 1.54) is 38.5 Å². The molecule has 1 heterocycles. The SMILES string of the molecule is CCCCCCN(CCCCCC)C(=O)/C=C/C=C/c1ccc2c(c1)OCO2. The topological polar surface area (TPSA) is 38.8 Å². The van der Waals surface area contributed by atoms with Crippen LogP contribution in [0.4, 0.5) is 0 Å². The summed E-state index contributed by atoms with van der Waals surface area (Å²) in [5, 5.41) is 0. The number of unbranched alkanes of at least 4 members (excludes halogenated alkanes) is 6. The molecule has 154 valence electrons. The molecule has 2 rings (SSSR count). The van der Waals surface area contributed by atoms with Gasteiger partial charge in [-0.15, -0.1) is 0 Å². The number of amides is 1. The lowest BCUT2D eigenvalue weighted by molar-refractivity contribution is -0.126. The fourth-order valence-corrected chi connectivity index (χ4v) is 3.22. The van der Waals surface area contributed by atoms with Crippen LogP contribution in [-0.4, -0.2) is 30.7 Å². The summed E-state index contributed by atoms with van der Waals surface area (Å²) in [7, 11) is 0. The van der Waals surface area contributed by atoms with Crippen LogP contribution in [-0.2, 0) is 4.79 Å². The van der Waals surface area contributed by atoms with Crippen LogP contribution in [0.3, 0.4) is 0 Å². The Morgan fingerprint density at radius 1 is 0.929 bits per heavy atom. The Balaban J connectivity index is 1.84. The largest absolute Gasteiger partial charge is 0.454 e. The van der Waals surface area contributed by atoms with Crippen LogP contribution < -0.4 is 9.47 Å². The summed E-state index contributed by atoms with van der Waals surface area (Å²) in [4.78, 5) is 14.6. The monoisotopic (exact) mass is 385 g/mol. The fourth-order valence-electron chi connectivity index (χ4n) is 3.22. The fraction of sp³-hybridized carbons (Fsp3) is 0.542. The summed E-state index contributed by atoms with van der Waals surface area (Å²) in [6.45, 7) is 6.43. The third kappa shape index (κ3) is 7.79. The Labute approximate surface area is 170 Å². The Kier molecular flexibility index (Phi) is 10.3. The van der Waals surface area contributed by atoms with Crippen molar-refractivity contribution < 1.29 is 14.3 Å². The van der Waals surface area contributed by atoms with Gasteiger partial charge in [0, 0.05) is 19.2 Å². The number of fused-ring (bicyclic) bond motifs is 1. The first-order valence-electron chi connectivity index (χ1n) is 10.8. The molecule has 1 aliphatic heterocycles. The zero-order valence-electron chi connectivity index (χ0n) is 17.5. The van der Waals surface area contributed by atoms with Crippen molar-refractivity contribution in [1.29, 1.82) is 0 Å². The third-order valence-electron chi connectivity index (χ3n) is 4.91. The molecule has 0 saturated carbocycles. The lowest BCUT2D eigenvalue weighted by Crippen LogP contribution is -2.31. The first-order valence-corrected chi connectivity index (χ1v) is 10.8. The van der Waals surface area contributed by atoms with E-state index in [9.17, 15) is 4.79 Å². The van der Waals surface area contributed by atoms with Crippen LogP contribution in [0.5, 0.6) is 11.5 Å². The standard InChI is InChI=1S/C24H35NO3/c1-3-5-7-11-17-25(18-12-8-6-4-2)24(26)14-10-9-13-21-15-16-22-23(19-21)28-20-27-22/h9-10,13-16,19H,3-8,11-12,17-18,20H2,1-2H3/b13-9+,14-10+. The molecule has 0 aliphatic carbocycles. The molecule has 0 radical (unpaired) electrons. The Morgan fingerprint density at radius 3 is 2.29 bits per heavy atom. The van der Waals surface area contributed by atoms with Gasteiger partial charge in [-0.1, -0.05) is 76.7 Å². The molecule has 28 heavy (non-hydrogen) atoms. The van der Waals surface area contributed by atoms with Crippen LogP contribution in [0.1, 0.15) is 70.8 Å². The molecular formula is C24H35NO3. The Bertz CT molecular complexity index is 639. The number of carbonyl (C=O) groups excluding carboxylic acids is 1. The number of hydrogen-bond donors (Lipinski definition) is 0. The molecule has 0 fully saturated rings. The van der Waals surface area contributed by atoms with Gasteiger partial charge in [-0.25, -0.2) is 0 Å². The molecular weight excluding hydrogens is 350 g/mol. The van der Waals surface area contributed by atoms with Gasteiger partial charge in [-0.05, 0) is 30.5 Å². The van der Waals surface area contributed by atoms with Gasteiger partial charge in [0.15, 0.2) is 11.5 Å². The van der Waals surface area contributed by atoms with E-state index in [4.69, 9.17) is 9.47 Å². The molecule has 0 saturated heterocycles. The minimum atomic E-state index is 0.114. The highest BCUT2D eigenvalue weighted by Crippen LogP contribution is 2.32. The van der Waals surface area contributed by atoms with Crippen molar-refractivity contribution in [3.63, 3.8) is 0 Å². The zero-order valence-corrected chi connectivity index (χ0v) is 17.5. The van der Waals surface area contributed by atoms with E-state index < -0.39 is 0 Å². The van der Waals surface area contributed by atoms with Gasteiger partial charge in [0.1, 0.15) is 0 Å². The highest BCUT2D eigenvalue weighted by atomic mass is 16.7. The summed E-state index contributed by atoms with van der Waals surface area (Å²) in [6, 6.07) is 5.83. The Hall–Kier alpha value is -2.23. The summed E-state index contributed by atoms with van der Waals surface area (Å²) in [5.74, 6) is 1.67. The maximum absolute atomic E-state index is 12.6. The van der Waals surface area contributed by atoms with Crippen molar-refractivity contribution in [3.8, 4) is 11.5 Å². The number of rotatable bonds is 13. The molecule has 0 N–H and O–H groups in total. The maximum atomic E-state index is 12.6. The normalized spacial score (nSPS) is 12.9. The summed E-state index contributed by atoms with van der Waals surface area (Å²) in [6.07, 6.45) is 16.9. The van der Waals surface area contributed by atoms with E-state index in [0.717, 1.165) is 43.0 Å². The van der Waals surface area contributed by atoms with Crippen molar-refractivity contribution in [2.75, 3.05) is 19.9 Å². The number of hydrogen-bond acceptors (Lipinski definition) is 3. The second kappa shape index (κ2) is 13.0. The van der Waals surface area contributed by atoms with Gasteiger partial charge < -0.3 is 14.4 Å². The molecule has 1 aromatic carbocycles. The first kappa shape index (κ1) is 22.1. The van der Waals surface area contributed by atoms with Gasteiger partial charge in [0.25, 0.3) is 0 Å². The maximum Gasteiger partial charge on any atom is 0.246 e. The van der Waals surface area contributed by atoms with Crippen molar-refractivity contribution in [2.24, 2.45) is 0 Å². The minimum absolute atomic E-state index is 0.114. The van der Waals surface area contributed by atoms with E-state index >= 15 is 0 Å². The van der Waals surface area contributed by atoms with Gasteiger partial charge in [0.2, 0.25) is 12.7 Å². The van der Waals surface area contributed by atoms with Gasteiger partial charge in [-0.2, -0.15) is 0 Å². The van der Waals surface area contributed by atoms with E-state index in [-0.39, 0.29) is 12.7 Å². The van der Waals surface area contributed by atoms with E-state index in [0.29, 0.717) is 0 Å². The van der Waals surface area contributed by atoms with Gasteiger partial charge >= 0.3 is 0 Å². The van der Waals surface area contributed by atoms with Crippen molar-refractivity contribution in [3.05, 3.63) is 42.0 Å². The predicted octanol–water partition coefficient (Wildman–Crippen LogP) is 5.97. The van der Waals surface area contributed by atoms with Crippen molar-refractivity contribution in [1.82, 2.24) is 4.90 Å². The van der Waals surface area contributed by atoms with Gasteiger partial charge in [0.05, 0.1) is 0 Å². The van der Waals surface area contributed by atoms with Crippen molar-refractivity contribution >= 4 is 12.0 Å². The highest BCUT2D eigenvalue weighted by molar-refractivity contribution is 5.88. The lowest BCUT2D eigenvalue weighted by Gasteiger charge is -2.21. The lowest BCUT2D eigenvalue weighted by atomic mass is 10.1. The molecule has 0 aromatic heterocycles. The van der Waals surface area contributed by atoms with Crippen molar-refractivity contribution in [2.45, 2.75) is 65.2 Å². The van der Waals surface area contributed by atoms with Crippen LogP contribution in [0, 0.1) is 0 Å². The molecule has 0 atom stereocenters. The van der Waals surface area contributed by atoms with Crippen LogP contribution >= 0.6 is 0 Å². The van der Waals surface area contributed by atoms with Crippen LogP contribution in [0.2, 0.25) is 0 Å². The Morgan fingerprint density at radius 2 is 1.61 bits per heavy atom. The van der Waals surface area contributed by atoms with Gasteiger partial charge in [-0.3, -0.25) is 4.79 Å². The molecule has 0 unspecified atom stereocenters. The molecule has 1 aliphatic rings. The summed E-state index contributed by atoms with van der Waals surface area (Å²) < 4.78 is 10.7. The third-order valence-corrected chi connectivity index (χ3v) is 4.91. The van der Waals surface area contributed by atoms with E-state index in [1.807, 2.05) is 41.3 Å². The predicted molar refractivity (Wildman–Crippen MR) is 116 cm³/mol. The second-order valence-electron chi connectivity index (χ2n) is 7.28.